The summed E-state index contributed by atoms with van der Waals surface area (Å²) in [6.07, 6.45) is 1.14. The molecule has 3 heterocycles. The first-order valence-corrected chi connectivity index (χ1v) is 8.80. The van der Waals surface area contributed by atoms with Crippen LogP contribution < -0.4 is 10.1 Å². The lowest BCUT2D eigenvalue weighted by Crippen LogP contribution is -2.09. The Morgan fingerprint density at radius 3 is 2.68 bits per heavy atom. The molecule has 1 saturated heterocycles. The smallest absolute Gasteiger partial charge is 0.160 e. The van der Waals surface area contributed by atoms with Crippen LogP contribution in [0, 0.1) is 13.8 Å². The molecule has 1 N–H and O–H groups in total. The van der Waals surface area contributed by atoms with Gasteiger partial charge in [-0.15, -0.1) is 0 Å². The van der Waals surface area contributed by atoms with Gasteiger partial charge in [-0.25, -0.2) is 9.97 Å². The van der Waals surface area contributed by atoms with E-state index in [0.717, 1.165) is 53.2 Å². The van der Waals surface area contributed by atoms with Crippen LogP contribution in [0.1, 0.15) is 29.2 Å². The minimum absolute atomic E-state index is 0.491. The molecule has 1 atom stereocenters. The molecule has 0 aliphatic carbocycles. The van der Waals surface area contributed by atoms with Gasteiger partial charge in [0, 0.05) is 29.1 Å². The maximum absolute atomic E-state index is 5.61. The van der Waals surface area contributed by atoms with Crippen molar-refractivity contribution in [2.24, 2.45) is 0 Å². The summed E-state index contributed by atoms with van der Waals surface area (Å²) in [5.74, 6) is 1.35. The van der Waals surface area contributed by atoms with Crippen LogP contribution in [0.2, 0.25) is 0 Å². The van der Waals surface area contributed by atoms with Crippen molar-refractivity contribution >= 4 is 11.0 Å². The van der Waals surface area contributed by atoms with Gasteiger partial charge in [0.25, 0.3) is 0 Å². The van der Waals surface area contributed by atoms with Crippen molar-refractivity contribution in [2.75, 3.05) is 20.2 Å². The van der Waals surface area contributed by atoms with E-state index in [2.05, 4.69) is 55.6 Å². The number of nitrogens with one attached hydrogen (secondary N) is 1. The number of hydrogen-bond acceptors (Lipinski definition) is 4. The fourth-order valence-corrected chi connectivity index (χ4v) is 3.71. The van der Waals surface area contributed by atoms with E-state index in [0.29, 0.717) is 5.92 Å². The zero-order valence-electron chi connectivity index (χ0n) is 15.0. The van der Waals surface area contributed by atoms with Gasteiger partial charge in [-0.2, -0.15) is 0 Å². The Kier molecular flexibility index (Phi) is 4.14. The summed E-state index contributed by atoms with van der Waals surface area (Å²) >= 11 is 0. The molecule has 4 nitrogen and oxygen atoms in total. The zero-order chi connectivity index (χ0) is 17.4. The van der Waals surface area contributed by atoms with E-state index < -0.39 is 0 Å². The van der Waals surface area contributed by atoms with Gasteiger partial charge in [0.1, 0.15) is 5.75 Å². The van der Waals surface area contributed by atoms with Crippen LogP contribution in [0.5, 0.6) is 5.75 Å². The first-order chi connectivity index (χ1) is 12.2. The molecule has 0 bridgehead atoms. The minimum atomic E-state index is 0.491. The van der Waals surface area contributed by atoms with Crippen molar-refractivity contribution in [3.8, 4) is 17.0 Å². The molecular formula is C21H23N3O. The largest absolute Gasteiger partial charge is 0.496 e. The highest BCUT2D eigenvalue weighted by Gasteiger charge is 2.19. The molecule has 0 spiro atoms. The lowest BCUT2D eigenvalue weighted by molar-refractivity contribution is 0.415. The average Bonchev–Trinajstić information content (AvgIpc) is 3.14. The molecule has 25 heavy (non-hydrogen) atoms. The van der Waals surface area contributed by atoms with Gasteiger partial charge >= 0.3 is 0 Å². The number of hydrogen-bond donors (Lipinski definition) is 1. The van der Waals surface area contributed by atoms with E-state index in [1.165, 1.54) is 11.1 Å². The predicted molar refractivity (Wildman–Crippen MR) is 101 cm³/mol. The first kappa shape index (κ1) is 16.0. The van der Waals surface area contributed by atoms with E-state index in [9.17, 15) is 0 Å². The van der Waals surface area contributed by atoms with Gasteiger partial charge in [0.05, 0.1) is 12.8 Å². The highest BCUT2D eigenvalue weighted by molar-refractivity contribution is 5.81. The Morgan fingerprint density at radius 2 is 1.92 bits per heavy atom. The Bertz CT molecular complexity index is 930. The number of aryl methyl sites for hydroxylation is 2. The average molecular weight is 333 g/mol. The fourth-order valence-electron chi connectivity index (χ4n) is 3.71. The van der Waals surface area contributed by atoms with Crippen molar-refractivity contribution in [1.29, 1.82) is 0 Å². The van der Waals surface area contributed by atoms with Gasteiger partial charge in [0.15, 0.2) is 5.65 Å². The van der Waals surface area contributed by atoms with Gasteiger partial charge in [-0.05, 0) is 68.3 Å². The normalized spacial score (nSPS) is 17.2. The number of fused-ring (bicyclic) bond motifs is 1. The number of pyridine rings is 2. The number of benzene rings is 1. The molecule has 4 rings (SSSR count). The molecule has 0 amide bonds. The summed E-state index contributed by atoms with van der Waals surface area (Å²) < 4.78 is 5.61. The monoisotopic (exact) mass is 333 g/mol. The number of rotatable bonds is 3. The molecule has 4 heteroatoms. The molecule has 1 aromatic carbocycles. The minimum Gasteiger partial charge on any atom is -0.496 e. The molecular weight excluding hydrogens is 310 g/mol. The second-order valence-corrected chi connectivity index (χ2v) is 6.83. The van der Waals surface area contributed by atoms with Crippen molar-refractivity contribution in [3.63, 3.8) is 0 Å². The Balaban J connectivity index is 1.83. The SMILES string of the molecule is COc1cc(C)cc(C)c1-c1ccc2ccc(C3CCNC3)nc2n1. The van der Waals surface area contributed by atoms with Crippen LogP contribution in [0.15, 0.2) is 36.4 Å². The summed E-state index contributed by atoms with van der Waals surface area (Å²) in [4.78, 5) is 9.72. The third-order valence-corrected chi connectivity index (χ3v) is 4.97. The quantitative estimate of drug-likeness (QED) is 0.787. The molecule has 3 aromatic rings. The van der Waals surface area contributed by atoms with Crippen LogP contribution in [0.25, 0.3) is 22.3 Å². The zero-order valence-corrected chi connectivity index (χ0v) is 15.0. The number of ether oxygens (including phenoxy) is 1. The summed E-state index contributed by atoms with van der Waals surface area (Å²) in [6.45, 7) is 6.25. The van der Waals surface area contributed by atoms with E-state index in [-0.39, 0.29) is 0 Å². The van der Waals surface area contributed by atoms with Gasteiger partial charge in [-0.3, -0.25) is 0 Å². The summed E-state index contributed by atoms with van der Waals surface area (Å²) in [5.41, 5.74) is 6.26. The van der Waals surface area contributed by atoms with Crippen molar-refractivity contribution in [2.45, 2.75) is 26.2 Å². The van der Waals surface area contributed by atoms with Crippen LogP contribution >= 0.6 is 0 Å². The second-order valence-electron chi connectivity index (χ2n) is 6.83. The number of aromatic nitrogens is 2. The summed E-state index contributed by atoms with van der Waals surface area (Å²) in [6, 6.07) is 12.6. The van der Waals surface area contributed by atoms with Gasteiger partial charge in [-0.1, -0.05) is 6.07 Å². The standard InChI is InChI=1S/C21H23N3O/c1-13-10-14(2)20(19(11-13)25-3)18-7-5-15-4-6-17(23-21(15)24-18)16-8-9-22-12-16/h4-7,10-11,16,22H,8-9,12H2,1-3H3. The lowest BCUT2D eigenvalue weighted by Gasteiger charge is -2.13. The fraction of sp³-hybridized carbons (Fsp3) is 0.333. The molecule has 2 aromatic heterocycles. The van der Waals surface area contributed by atoms with Gasteiger partial charge < -0.3 is 10.1 Å². The Labute approximate surface area is 148 Å². The van der Waals surface area contributed by atoms with E-state index in [4.69, 9.17) is 14.7 Å². The van der Waals surface area contributed by atoms with Crippen molar-refractivity contribution in [3.05, 3.63) is 53.2 Å². The van der Waals surface area contributed by atoms with Gasteiger partial charge in [0.2, 0.25) is 0 Å². The maximum atomic E-state index is 5.61. The van der Waals surface area contributed by atoms with E-state index in [1.807, 2.05) is 0 Å². The van der Waals surface area contributed by atoms with Crippen molar-refractivity contribution < 1.29 is 4.74 Å². The molecule has 1 unspecified atom stereocenters. The summed E-state index contributed by atoms with van der Waals surface area (Å²) in [5, 5.41) is 4.48. The first-order valence-electron chi connectivity index (χ1n) is 8.80. The van der Waals surface area contributed by atoms with Crippen LogP contribution in [0.3, 0.4) is 0 Å². The molecule has 128 valence electrons. The Morgan fingerprint density at radius 1 is 1.08 bits per heavy atom. The molecule has 1 aliphatic rings. The maximum Gasteiger partial charge on any atom is 0.160 e. The highest BCUT2D eigenvalue weighted by Crippen LogP contribution is 2.34. The molecule has 0 radical (unpaired) electrons. The van der Waals surface area contributed by atoms with Crippen LogP contribution in [-0.4, -0.2) is 30.2 Å². The summed E-state index contributed by atoms with van der Waals surface area (Å²) in [7, 11) is 1.71. The van der Waals surface area contributed by atoms with Crippen LogP contribution in [-0.2, 0) is 0 Å². The van der Waals surface area contributed by atoms with E-state index >= 15 is 0 Å². The number of nitrogens with zero attached hydrogens (tertiary/aromatic N) is 2. The third kappa shape index (κ3) is 2.98. The molecule has 0 saturated carbocycles. The van der Waals surface area contributed by atoms with Crippen molar-refractivity contribution in [1.82, 2.24) is 15.3 Å². The Hall–Kier alpha value is -2.46. The predicted octanol–water partition coefficient (Wildman–Crippen LogP) is 4.00. The van der Waals surface area contributed by atoms with E-state index in [1.54, 1.807) is 7.11 Å². The molecule has 1 fully saturated rings. The third-order valence-electron chi connectivity index (χ3n) is 4.97. The number of methoxy groups -OCH3 is 1. The second kappa shape index (κ2) is 6.45. The lowest BCUT2D eigenvalue weighted by atomic mass is 10.0. The topological polar surface area (TPSA) is 47.0 Å². The molecule has 1 aliphatic heterocycles. The van der Waals surface area contributed by atoms with Crippen LogP contribution in [0.4, 0.5) is 0 Å². The highest BCUT2D eigenvalue weighted by atomic mass is 16.5.